The Balaban J connectivity index is 1.84. The van der Waals surface area contributed by atoms with Crippen LogP contribution in [0.1, 0.15) is 18.4 Å². The molecule has 1 fully saturated rings. The van der Waals surface area contributed by atoms with Gasteiger partial charge in [0.1, 0.15) is 6.04 Å². The molecule has 6 nitrogen and oxygen atoms in total. The van der Waals surface area contributed by atoms with Crippen molar-refractivity contribution in [1.29, 1.82) is 0 Å². The van der Waals surface area contributed by atoms with Gasteiger partial charge in [-0.3, -0.25) is 4.79 Å². The van der Waals surface area contributed by atoms with Crippen LogP contribution in [0.2, 0.25) is 0 Å². The molecule has 2 rings (SSSR count). The second kappa shape index (κ2) is 8.38. The van der Waals surface area contributed by atoms with Crippen LogP contribution in [0.15, 0.2) is 30.3 Å². The van der Waals surface area contributed by atoms with Crippen molar-refractivity contribution in [1.82, 2.24) is 15.5 Å². The third-order valence-corrected chi connectivity index (χ3v) is 3.71. The molecule has 1 atom stereocenters. The van der Waals surface area contributed by atoms with Crippen molar-refractivity contribution in [2.75, 3.05) is 26.8 Å². The molecular formula is C16H23N3O3. The van der Waals surface area contributed by atoms with E-state index in [-0.39, 0.29) is 18.0 Å². The Hall–Kier alpha value is -2.08. The average molecular weight is 305 g/mol. The molecule has 6 heteroatoms. The fraction of sp³-hybridized carbons (Fsp3) is 0.500. The number of hydrogen-bond acceptors (Lipinski definition) is 3. The highest BCUT2D eigenvalue weighted by atomic mass is 16.5. The summed E-state index contributed by atoms with van der Waals surface area (Å²) in [5, 5.41) is 5.67. The number of amides is 3. The number of hydrogen-bond donors (Lipinski definition) is 2. The van der Waals surface area contributed by atoms with Gasteiger partial charge < -0.3 is 20.3 Å². The Morgan fingerprint density at radius 1 is 1.27 bits per heavy atom. The van der Waals surface area contributed by atoms with Gasteiger partial charge in [-0.2, -0.15) is 0 Å². The highest BCUT2D eigenvalue weighted by Crippen LogP contribution is 2.17. The summed E-state index contributed by atoms with van der Waals surface area (Å²) in [5.74, 6) is -0.0942. The molecule has 2 N–H and O–H groups in total. The SMILES string of the molecule is COCCNC(=O)N1CCC[C@H]1C(=O)NCc1ccccc1. The van der Waals surface area contributed by atoms with Crippen LogP contribution in [-0.4, -0.2) is 49.7 Å². The lowest BCUT2D eigenvalue weighted by molar-refractivity contribution is -0.124. The number of carbonyl (C=O) groups is 2. The third kappa shape index (κ3) is 4.46. The molecule has 1 aromatic rings. The summed E-state index contributed by atoms with van der Waals surface area (Å²) in [5.41, 5.74) is 1.05. The van der Waals surface area contributed by atoms with Crippen LogP contribution in [-0.2, 0) is 16.1 Å². The van der Waals surface area contributed by atoms with Crippen LogP contribution in [0.4, 0.5) is 4.79 Å². The summed E-state index contributed by atoms with van der Waals surface area (Å²) in [4.78, 5) is 26.0. The molecule has 120 valence electrons. The fourth-order valence-electron chi connectivity index (χ4n) is 2.55. The summed E-state index contributed by atoms with van der Waals surface area (Å²) in [6, 6.07) is 9.16. The zero-order chi connectivity index (χ0) is 15.8. The summed E-state index contributed by atoms with van der Waals surface area (Å²) >= 11 is 0. The first-order valence-corrected chi connectivity index (χ1v) is 7.57. The summed E-state index contributed by atoms with van der Waals surface area (Å²) in [6.07, 6.45) is 1.56. The van der Waals surface area contributed by atoms with Gasteiger partial charge in [0.25, 0.3) is 0 Å². The first-order valence-electron chi connectivity index (χ1n) is 7.57. The van der Waals surface area contributed by atoms with Gasteiger partial charge in [0.2, 0.25) is 5.91 Å². The maximum atomic E-state index is 12.3. The van der Waals surface area contributed by atoms with Crippen LogP contribution >= 0.6 is 0 Å². The van der Waals surface area contributed by atoms with Crippen LogP contribution < -0.4 is 10.6 Å². The topological polar surface area (TPSA) is 70.7 Å². The molecule has 1 heterocycles. The molecule has 1 saturated heterocycles. The Morgan fingerprint density at radius 2 is 2.05 bits per heavy atom. The molecule has 22 heavy (non-hydrogen) atoms. The fourth-order valence-corrected chi connectivity index (χ4v) is 2.55. The number of urea groups is 1. The van der Waals surface area contributed by atoms with E-state index in [1.54, 1.807) is 12.0 Å². The van der Waals surface area contributed by atoms with Crippen molar-refractivity contribution >= 4 is 11.9 Å². The van der Waals surface area contributed by atoms with Gasteiger partial charge in [-0.25, -0.2) is 4.79 Å². The Labute approximate surface area is 130 Å². The summed E-state index contributed by atoms with van der Waals surface area (Å²) < 4.78 is 4.90. The van der Waals surface area contributed by atoms with Gasteiger partial charge in [0.15, 0.2) is 0 Å². The molecule has 0 spiro atoms. The van der Waals surface area contributed by atoms with Crippen molar-refractivity contribution in [2.24, 2.45) is 0 Å². The highest BCUT2D eigenvalue weighted by molar-refractivity contribution is 5.87. The molecule has 0 saturated carbocycles. The molecule has 0 unspecified atom stereocenters. The Morgan fingerprint density at radius 3 is 2.77 bits per heavy atom. The first kappa shape index (κ1) is 16.3. The van der Waals surface area contributed by atoms with Crippen molar-refractivity contribution in [3.63, 3.8) is 0 Å². The monoisotopic (exact) mass is 305 g/mol. The number of benzene rings is 1. The summed E-state index contributed by atoms with van der Waals surface area (Å²) in [7, 11) is 1.59. The number of rotatable bonds is 6. The van der Waals surface area contributed by atoms with E-state index in [0.717, 1.165) is 12.0 Å². The second-order valence-electron chi connectivity index (χ2n) is 5.28. The lowest BCUT2D eigenvalue weighted by atomic mass is 10.2. The first-order chi connectivity index (χ1) is 10.7. The minimum atomic E-state index is -0.383. The van der Waals surface area contributed by atoms with E-state index >= 15 is 0 Å². The minimum Gasteiger partial charge on any atom is -0.383 e. The lowest BCUT2D eigenvalue weighted by Gasteiger charge is -2.24. The van der Waals surface area contributed by atoms with E-state index in [2.05, 4.69) is 10.6 Å². The standard InChI is InChI=1S/C16H23N3O3/c1-22-11-9-17-16(21)19-10-5-8-14(19)15(20)18-12-13-6-3-2-4-7-13/h2-4,6-7,14H,5,8-12H2,1H3,(H,17,21)(H,18,20)/t14-/m0/s1. The van der Waals surface area contributed by atoms with Crippen LogP contribution in [0.3, 0.4) is 0 Å². The van der Waals surface area contributed by atoms with Gasteiger partial charge in [-0.1, -0.05) is 30.3 Å². The van der Waals surface area contributed by atoms with E-state index in [1.165, 1.54) is 0 Å². The van der Waals surface area contributed by atoms with Crippen LogP contribution in [0.5, 0.6) is 0 Å². The van der Waals surface area contributed by atoms with E-state index in [9.17, 15) is 9.59 Å². The minimum absolute atomic E-state index is 0.0942. The van der Waals surface area contributed by atoms with E-state index in [1.807, 2.05) is 30.3 Å². The van der Waals surface area contributed by atoms with Crippen molar-refractivity contribution in [3.05, 3.63) is 35.9 Å². The number of nitrogens with zero attached hydrogens (tertiary/aromatic N) is 1. The number of nitrogens with one attached hydrogen (secondary N) is 2. The zero-order valence-electron chi connectivity index (χ0n) is 12.9. The predicted octanol–water partition coefficient (Wildman–Crippen LogP) is 1.12. The molecule has 0 aliphatic carbocycles. The molecule has 1 aromatic carbocycles. The maximum Gasteiger partial charge on any atom is 0.318 e. The molecular weight excluding hydrogens is 282 g/mol. The van der Waals surface area contributed by atoms with Gasteiger partial charge in [-0.15, -0.1) is 0 Å². The highest BCUT2D eigenvalue weighted by Gasteiger charge is 2.33. The quantitative estimate of drug-likeness (QED) is 0.774. The Kier molecular flexibility index (Phi) is 6.21. The predicted molar refractivity (Wildman–Crippen MR) is 83.3 cm³/mol. The molecule has 1 aliphatic rings. The average Bonchev–Trinajstić information content (AvgIpc) is 3.03. The van der Waals surface area contributed by atoms with Gasteiger partial charge >= 0.3 is 6.03 Å². The second-order valence-corrected chi connectivity index (χ2v) is 5.28. The van der Waals surface area contributed by atoms with E-state index in [4.69, 9.17) is 4.74 Å². The summed E-state index contributed by atoms with van der Waals surface area (Å²) in [6.45, 7) is 2.01. The van der Waals surface area contributed by atoms with Gasteiger partial charge in [0.05, 0.1) is 6.61 Å². The number of ether oxygens (including phenoxy) is 1. The molecule has 0 radical (unpaired) electrons. The number of methoxy groups -OCH3 is 1. The number of carbonyl (C=O) groups excluding carboxylic acids is 2. The molecule has 0 aromatic heterocycles. The maximum absolute atomic E-state index is 12.3. The number of likely N-dealkylation sites (tertiary alicyclic amines) is 1. The molecule has 3 amide bonds. The smallest absolute Gasteiger partial charge is 0.318 e. The van der Waals surface area contributed by atoms with Crippen LogP contribution in [0.25, 0.3) is 0 Å². The van der Waals surface area contributed by atoms with Crippen LogP contribution in [0, 0.1) is 0 Å². The molecule has 1 aliphatic heterocycles. The molecule has 0 bridgehead atoms. The van der Waals surface area contributed by atoms with Gasteiger partial charge in [-0.05, 0) is 18.4 Å². The van der Waals surface area contributed by atoms with Crippen molar-refractivity contribution in [3.8, 4) is 0 Å². The largest absolute Gasteiger partial charge is 0.383 e. The third-order valence-electron chi connectivity index (χ3n) is 3.71. The zero-order valence-corrected chi connectivity index (χ0v) is 12.9. The normalized spacial score (nSPS) is 17.3. The van der Waals surface area contributed by atoms with E-state index < -0.39 is 0 Å². The van der Waals surface area contributed by atoms with Gasteiger partial charge in [0, 0.05) is 26.7 Å². The van der Waals surface area contributed by atoms with Crippen molar-refractivity contribution in [2.45, 2.75) is 25.4 Å². The lowest BCUT2D eigenvalue weighted by Crippen LogP contribution is -2.49. The van der Waals surface area contributed by atoms with E-state index in [0.29, 0.717) is 32.7 Å². The van der Waals surface area contributed by atoms with Crippen molar-refractivity contribution < 1.29 is 14.3 Å². The Bertz CT molecular complexity index is 493.